The lowest BCUT2D eigenvalue weighted by molar-refractivity contribution is -0.117. The second-order valence-electron chi connectivity index (χ2n) is 5.50. The summed E-state index contributed by atoms with van der Waals surface area (Å²) >= 11 is 5.82. The van der Waals surface area contributed by atoms with Crippen LogP contribution in [0.5, 0.6) is 0 Å². The quantitative estimate of drug-likeness (QED) is 0.915. The van der Waals surface area contributed by atoms with Gasteiger partial charge in [0, 0.05) is 43.6 Å². The minimum absolute atomic E-state index is 0.102. The van der Waals surface area contributed by atoms with Crippen LogP contribution in [0.25, 0.3) is 0 Å². The Kier molecular flexibility index (Phi) is 5.22. The van der Waals surface area contributed by atoms with E-state index in [-0.39, 0.29) is 18.1 Å². The summed E-state index contributed by atoms with van der Waals surface area (Å²) in [5.41, 5.74) is 0.102. The highest BCUT2D eigenvalue weighted by Gasteiger charge is 2.20. The number of hydrogen-bond acceptors (Lipinski definition) is 5. The van der Waals surface area contributed by atoms with Crippen molar-refractivity contribution in [2.45, 2.75) is 0 Å². The fraction of sp³-hybridized carbons (Fsp3) is 0.312. The van der Waals surface area contributed by atoms with Crippen molar-refractivity contribution in [1.29, 1.82) is 0 Å². The molecule has 1 aliphatic heterocycles. The van der Waals surface area contributed by atoms with Gasteiger partial charge in [-0.25, -0.2) is 9.37 Å². The van der Waals surface area contributed by atoms with Crippen LogP contribution in [0.4, 0.5) is 15.9 Å². The molecule has 1 N–H and O–H groups in total. The maximum absolute atomic E-state index is 13.6. The van der Waals surface area contributed by atoms with Crippen LogP contribution < -0.4 is 10.2 Å². The number of nitrogens with one attached hydrogen (secondary N) is 1. The number of piperazine rings is 1. The zero-order valence-corrected chi connectivity index (χ0v) is 13.7. The smallest absolute Gasteiger partial charge is 0.238 e. The number of benzene rings is 1. The van der Waals surface area contributed by atoms with E-state index in [0.29, 0.717) is 5.02 Å². The first kappa shape index (κ1) is 16.6. The molecule has 0 saturated carbocycles. The maximum atomic E-state index is 13.6. The molecule has 0 radical (unpaired) electrons. The Morgan fingerprint density at radius 1 is 1.25 bits per heavy atom. The summed E-state index contributed by atoms with van der Waals surface area (Å²) in [5, 5.41) is 2.94. The van der Waals surface area contributed by atoms with Gasteiger partial charge in [0.15, 0.2) is 0 Å². The Labute approximate surface area is 144 Å². The topological polar surface area (TPSA) is 61.4 Å². The molecule has 24 heavy (non-hydrogen) atoms. The molecule has 1 amide bonds. The van der Waals surface area contributed by atoms with Gasteiger partial charge in [0.2, 0.25) is 5.91 Å². The molecule has 0 spiro atoms. The number of anilines is 2. The van der Waals surface area contributed by atoms with E-state index in [1.165, 1.54) is 18.2 Å². The number of rotatable bonds is 4. The van der Waals surface area contributed by atoms with Gasteiger partial charge in [-0.15, -0.1) is 0 Å². The summed E-state index contributed by atoms with van der Waals surface area (Å²) in [4.78, 5) is 24.6. The lowest BCUT2D eigenvalue weighted by Gasteiger charge is -2.34. The van der Waals surface area contributed by atoms with Crippen molar-refractivity contribution >= 4 is 29.0 Å². The van der Waals surface area contributed by atoms with Crippen LogP contribution in [0.2, 0.25) is 5.02 Å². The van der Waals surface area contributed by atoms with Gasteiger partial charge < -0.3 is 10.2 Å². The van der Waals surface area contributed by atoms with Crippen LogP contribution in [-0.2, 0) is 4.79 Å². The van der Waals surface area contributed by atoms with Gasteiger partial charge in [-0.05, 0) is 18.2 Å². The number of amides is 1. The van der Waals surface area contributed by atoms with Crippen molar-refractivity contribution in [3.8, 4) is 0 Å². The van der Waals surface area contributed by atoms with Gasteiger partial charge in [0.05, 0.1) is 18.4 Å². The van der Waals surface area contributed by atoms with Crippen molar-refractivity contribution < 1.29 is 9.18 Å². The molecule has 1 aromatic heterocycles. The van der Waals surface area contributed by atoms with Crippen molar-refractivity contribution in [1.82, 2.24) is 14.9 Å². The molecular formula is C16H17ClFN5O. The molecular weight excluding hydrogens is 333 g/mol. The fourth-order valence-corrected chi connectivity index (χ4v) is 2.75. The van der Waals surface area contributed by atoms with Crippen LogP contribution in [-0.4, -0.2) is 53.5 Å². The van der Waals surface area contributed by atoms with E-state index in [2.05, 4.69) is 20.2 Å². The lowest BCUT2D eigenvalue weighted by atomic mass is 10.3. The first-order chi connectivity index (χ1) is 11.6. The third-order valence-corrected chi connectivity index (χ3v) is 4.05. The Hall–Kier alpha value is -2.25. The summed E-state index contributed by atoms with van der Waals surface area (Å²) in [6.45, 7) is 3.18. The zero-order valence-electron chi connectivity index (χ0n) is 13.0. The molecule has 3 rings (SSSR count). The normalized spacial score (nSPS) is 15.3. The van der Waals surface area contributed by atoms with Gasteiger partial charge in [-0.1, -0.05) is 11.6 Å². The number of hydrogen-bond donors (Lipinski definition) is 1. The van der Waals surface area contributed by atoms with Gasteiger partial charge in [-0.2, -0.15) is 0 Å². The number of carbonyl (C=O) groups is 1. The molecule has 0 aliphatic carbocycles. The van der Waals surface area contributed by atoms with Gasteiger partial charge in [0.1, 0.15) is 11.6 Å². The predicted octanol–water partition coefficient (Wildman–Crippen LogP) is 2.03. The molecule has 0 atom stereocenters. The average molecular weight is 350 g/mol. The number of carbonyl (C=O) groups excluding carboxylic acids is 1. The van der Waals surface area contributed by atoms with E-state index >= 15 is 0 Å². The summed E-state index contributed by atoms with van der Waals surface area (Å²) in [6.07, 6.45) is 5.03. The molecule has 1 saturated heterocycles. The van der Waals surface area contributed by atoms with E-state index in [1.54, 1.807) is 18.6 Å². The first-order valence-electron chi connectivity index (χ1n) is 7.60. The van der Waals surface area contributed by atoms with Crippen LogP contribution >= 0.6 is 11.6 Å². The Balaban J connectivity index is 1.51. The van der Waals surface area contributed by atoms with Crippen molar-refractivity contribution in [2.75, 3.05) is 42.9 Å². The second kappa shape index (κ2) is 7.55. The monoisotopic (exact) mass is 349 g/mol. The zero-order chi connectivity index (χ0) is 16.9. The van der Waals surface area contributed by atoms with E-state index in [9.17, 15) is 9.18 Å². The van der Waals surface area contributed by atoms with Gasteiger partial charge in [0.25, 0.3) is 0 Å². The summed E-state index contributed by atoms with van der Waals surface area (Å²) in [5.74, 6) is 0.0759. The van der Waals surface area contributed by atoms with E-state index in [0.717, 1.165) is 32.0 Å². The van der Waals surface area contributed by atoms with Gasteiger partial charge >= 0.3 is 0 Å². The molecule has 1 aromatic carbocycles. The van der Waals surface area contributed by atoms with Crippen LogP contribution in [0, 0.1) is 5.82 Å². The molecule has 0 bridgehead atoms. The van der Waals surface area contributed by atoms with E-state index in [4.69, 9.17) is 11.6 Å². The molecule has 1 aliphatic rings. The highest BCUT2D eigenvalue weighted by atomic mass is 35.5. The molecule has 2 heterocycles. The number of aromatic nitrogens is 2. The van der Waals surface area contributed by atoms with E-state index < -0.39 is 5.82 Å². The van der Waals surface area contributed by atoms with Crippen molar-refractivity contribution in [3.05, 3.63) is 47.6 Å². The summed E-state index contributed by atoms with van der Waals surface area (Å²) in [7, 11) is 0. The van der Waals surface area contributed by atoms with Crippen molar-refractivity contribution in [2.24, 2.45) is 0 Å². The lowest BCUT2D eigenvalue weighted by Crippen LogP contribution is -2.49. The SMILES string of the molecule is O=C(CN1CCN(c2cnccn2)CC1)Nc1cc(Cl)ccc1F. The average Bonchev–Trinajstić information content (AvgIpc) is 2.59. The van der Waals surface area contributed by atoms with Crippen molar-refractivity contribution in [3.63, 3.8) is 0 Å². The highest BCUT2D eigenvalue weighted by Crippen LogP contribution is 2.19. The summed E-state index contributed by atoms with van der Waals surface area (Å²) < 4.78 is 13.6. The predicted molar refractivity (Wildman–Crippen MR) is 90.7 cm³/mol. The van der Waals surface area contributed by atoms with Gasteiger partial charge in [-0.3, -0.25) is 14.7 Å². The Morgan fingerprint density at radius 3 is 2.75 bits per heavy atom. The first-order valence-corrected chi connectivity index (χ1v) is 7.98. The molecule has 6 nitrogen and oxygen atoms in total. The number of nitrogens with zero attached hydrogens (tertiary/aromatic N) is 4. The van der Waals surface area contributed by atoms with E-state index in [1.807, 2.05) is 4.90 Å². The van der Waals surface area contributed by atoms with Crippen LogP contribution in [0.3, 0.4) is 0 Å². The molecule has 2 aromatic rings. The van der Waals surface area contributed by atoms with Crippen LogP contribution in [0.15, 0.2) is 36.8 Å². The summed E-state index contributed by atoms with van der Waals surface area (Å²) in [6, 6.07) is 4.08. The second-order valence-corrected chi connectivity index (χ2v) is 5.94. The standard InChI is InChI=1S/C16H17ClFN5O/c17-12-1-2-13(18)14(9-12)21-16(24)11-22-5-7-23(8-6-22)15-10-19-3-4-20-15/h1-4,9-10H,5-8,11H2,(H,21,24). The largest absolute Gasteiger partial charge is 0.353 e. The molecule has 8 heteroatoms. The number of halogens is 2. The highest BCUT2D eigenvalue weighted by molar-refractivity contribution is 6.30. The third kappa shape index (κ3) is 4.18. The van der Waals surface area contributed by atoms with Crippen LogP contribution in [0.1, 0.15) is 0 Å². The minimum Gasteiger partial charge on any atom is -0.353 e. The minimum atomic E-state index is -0.500. The Bertz CT molecular complexity index is 707. The molecule has 0 unspecified atom stereocenters. The maximum Gasteiger partial charge on any atom is 0.238 e. The fourth-order valence-electron chi connectivity index (χ4n) is 2.58. The molecule has 126 valence electrons. The third-order valence-electron chi connectivity index (χ3n) is 3.82. The molecule has 1 fully saturated rings. The Morgan fingerprint density at radius 2 is 2.04 bits per heavy atom.